The van der Waals surface area contributed by atoms with Crippen LogP contribution in [0.2, 0.25) is 0 Å². The van der Waals surface area contributed by atoms with E-state index in [9.17, 15) is 10.5 Å². The molecule has 2 rings (SSSR count). The zero-order valence-electron chi connectivity index (χ0n) is 9.68. The number of hydrogen-bond donors (Lipinski definition) is 3. The Bertz CT molecular complexity index is 643. The second kappa shape index (κ2) is 5.55. The predicted octanol–water partition coefficient (Wildman–Crippen LogP) is 2.34. The molecule has 0 fully saturated rings. The van der Waals surface area contributed by atoms with Crippen LogP contribution >= 0.6 is 35.2 Å². The molecule has 1 heterocycles. The van der Waals surface area contributed by atoms with Crippen LogP contribution in [0.4, 0.5) is 0 Å². The van der Waals surface area contributed by atoms with Crippen LogP contribution < -0.4 is 11.1 Å². The molecule has 0 amide bonds. The molecule has 1 aliphatic rings. The normalized spacial score (nSPS) is 18.6. The predicted molar refractivity (Wildman–Crippen MR) is 83.5 cm³/mol. The van der Waals surface area contributed by atoms with E-state index in [0.717, 1.165) is 9.13 Å². The lowest BCUT2D eigenvalue weighted by Gasteiger charge is -2.25. The molecule has 0 aromatic heterocycles. The monoisotopic (exact) mass is 380 g/mol. The molecule has 19 heavy (non-hydrogen) atoms. The molecule has 0 aliphatic carbocycles. The number of hydrogen-bond acceptors (Lipinski definition) is 5. The van der Waals surface area contributed by atoms with Crippen LogP contribution in [0.25, 0.3) is 0 Å². The standard InChI is InChI=1S/C13H9IN4S/c14-10-4-2-1-3-7(10)11-8(5-15)12(17)18-13(19)9(11)6-16/h1-4,11,18-19H,17H2/t11-/m0/s1. The highest BCUT2D eigenvalue weighted by Crippen LogP contribution is 2.38. The zero-order valence-corrected chi connectivity index (χ0v) is 12.7. The maximum absolute atomic E-state index is 9.31. The molecule has 0 saturated carbocycles. The smallest absolute Gasteiger partial charge is 0.116 e. The molecule has 1 aliphatic heterocycles. The third kappa shape index (κ3) is 2.42. The zero-order chi connectivity index (χ0) is 14.0. The van der Waals surface area contributed by atoms with Crippen molar-refractivity contribution in [1.82, 2.24) is 5.32 Å². The summed E-state index contributed by atoms with van der Waals surface area (Å²) in [5.41, 5.74) is 7.45. The molecule has 1 atom stereocenters. The van der Waals surface area contributed by atoms with E-state index in [2.05, 4.69) is 52.7 Å². The Balaban J connectivity index is 2.69. The van der Waals surface area contributed by atoms with E-state index < -0.39 is 5.92 Å². The summed E-state index contributed by atoms with van der Waals surface area (Å²) < 4.78 is 0.974. The first-order valence-electron chi connectivity index (χ1n) is 5.34. The van der Waals surface area contributed by atoms with Gasteiger partial charge in [-0.1, -0.05) is 18.2 Å². The second-order valence-electron chi connectivity index (χ2n) is 3.89. The number of allylic oxidation sites excluding steroid dienone is 2. The molecule has 0 spiro atoms. The van der Waals surface area contributed by atoms with E-state index in [1.807, 2.05) is 24.3 Å². The lowest BCUT2D eigenvalue weighted by molar-refractivity contribution is 0.838. The lowest BCUT2D eigenvalue weighted by atomic mass is 9.84. The lowest BCUT2D eigenvalue weighted by Crippen LogP contribution is -2.28. The average Bonchev–Trinajstić information content (AvgIpc) is 2.38. The number of rotatable bonds is 1. The van der Waals surface area contributed by atoms with E-state index in [0.29, 0.717) is 16.2 Å². The van der Waals surface area contributed by atoms with Crippen molar-refractivity contribution >= 4 is 35.2 Å². The number of nitrogens with two attached hydrogens (primary N) is 1. The number of dihydropyridines is 1. The van der Waals surface area contributed by atoms with Gasteiger partial charge in [-0.05, 0) is 34.2 Å². The van der Waals surface area contributed by atoms with Crippen molar-refractivity contribution < 1.29 is 0 Å². The van der Waals surface area contributed by atoms with Crippen molar-refractivity contribution in [3.05, 3.63) is 55.4 Å². The van der Waals surface area contributed by atoms with E-state index in [1.54, 1.807) is 0 Å². The van der Waals surface area contributed by atoms with Crippen LogP contribution in [0.3, 0.4) is 0 Å². The van der Waals surface area contributed by atoms with Crippen LogP contribution in [0.1, 0.15) is 11.5 Å². The molecule has 3 N–H and O–H groups in total. The Morgan fingerprint density at radius 2 is 1.84 bits per heavy atom. The summed E-state index contributed by atoms with van der Waals surface area (Å²) in [4.78, 5) is 0. The fourth-order valence-electron chi connectivity index (χ4n) is 1.96. The van der Waals surface area contributed by atoms with Crippen LogP contribution in [0.15, 0.2) is 46.3 Å². The topological polar surface area (TPSA) is 85.6 Å². The Labute approximate surface area is 130 Å². The van der Waals surface area contributed by atoms with Gasteiger partial charge in [-0.2, -0.15) is 10.5 Å². The number of thiol groups is 1. The van der Waals surface area contributed by atoms with Gasteiger partial charge in [-0.25, -0.2) is 0 Å². The van der Waals surface area contributed by atoms with Crippen molar-refractivity contribution in [3.63, 3.8) is 0 Å². The fraction of sp³-hybridized carbons (Fsp3) is 0.0769. The molecule has 0 saturated heterocycles. The highest BCUT2D eigenvalue weighted by atomic mass is 127. The van der Waals surface area contributed by atoms with Gasteiger partial charge in [-0.3, -0.25) is 0 Å². The van der Waals surface area contributed by atoms with Gasteiger partial charge in [-0.15, -0.1) is 12.6 Å². The summed E-state index contributed by atoms with van der Waals surface area (Å²) >= 11 is 6.42. The Morgan fingerprint density at radius 3 is 2.42 bits per heavy atom. The molecular weight excluding hydrogens is 371 g/mol. The minimum absolute atomic E-state index is 0.246. The summed E-state index contributed by atoms with van der Waals surface area (Å²) in [7, 11) is 0. The molecule has 1 aromatic carbocycles. The molecule has 0 radical (unpaired) electrons. The van der Waals surface area contributed by atoms with E-state index in [1.165, 1.54) is 0 Å². The van der Waals surface area contributed by atoms with Crippen LogP contribution in [0, 0.1) is 26.2 Å². The highest BCUT2D eigenvalue weighted by molar-refractivity contribution is 14.1. The first kappa shape index (κ1) is 13.8. The van der Waals surface area contributed by atoms with Gasteiger partial charge in [0.2, 0.25) is 0 Å². The van der Waals surface area contributed by atoms with Crippen LogP contribution in [0.5, 0.6) is 0 Å². The Hall–Kier alpha value is -1.64. The van der Waals surface area contributed by atoms with Crippen molar-refractivity contribution in [1.29, 1.82) is 10.5 Å². The SMILES string of the molecule is N#CC1=C(N)NC(S)=C(C#N)[C@H]1c1ccccc1I. The van der Waals surface area contributed by atoms with Crippen molar-refractivity contribution in [2.45, 2.75) is 5.92 Å². The van der Waals surface area contributed by atoms with Gasteiger partial charge in [0.25, 0.3) is 0 Å². The van der Waals surface area contributed by atoms with Gasteiger partial charge in [0, 0.05) is 3.57 Å². The van der Waals surface area contributed by atoms with Crippen molar-refractivity contribution in [2.24, 2.45) is 5.73 Å². The maximum Gasteiger partial charge on any atom is 0.116 e. The summed E-state index contributed by atoms with van der Waals surface area (Å²) in [6.07, 6.45) is 0. The third-order valence-electron chi connectivity index (χ3n) is 2.83. The first-order chi connectivity index (χ1) is 9.10. The molecule has 94 valence electrons. The second-order valence-corrected chi connectivity index (χ2v) is 5.50. The van der Waals surface area contributed by atoms with Crippen molar-refractivity contribution in [3.8, 4) is 12.1 Å². The number of halogens is 1. The summed E-state index contributed by atoms with van der Waals surface area (Å²) in [5, 5.41) is 21.8. The maximum atomic E-state index is 9.31. The minimum atomic E-state index is -0.461. The van der Waals surface area contributed by atoms with Gasteiger partial charge in [0.15, 0.2) is 0 Å². The quantitative estimate of drug-likeness (QED) is 0.516. The molecule has 4 nitrogen and oxygen atoms in total. The van der Waals surface area contributed by atoms with E-state index >= 15 is 0 Å². The Kier molecular flexibility index (Phi) is 4.03. The van der Waals surface area contributed by atoms with E-state index in [4.69, 9.17) is 5.73 Å². The van der Waals surface area contributed by atoms with Crippen molar-refractivity contribution in [2.75, 3.05) is 0 Å². The largest absolute Gasteiger partial charge is 0.384 e. The number of benzene rings is 1. The van der Waals surface area contributed by atoms with Crippen LogP contribution in [-0.4, -0.2) is 0 Å². The summed E-state index contributed by atoms with van der Waals surface area (Å²) in [6, 6.07) is 11.8. The number of nitrogens with one attached hydrogen (secondary N) is 1. The van der Waals surface area contributed by atoms with Gasteiger partial charge in [0.05, 0.1) is 34.2 Å². The van der Waals surface area contributed by atoms with E-state index in [-0.39, 0.29) is 5.82 Å². The van der Waals surface area contributed by atoms with Gasteiger partial charge in [0.1, 0.15) is 5.82 Å². The third-order valence-corrected chi connectivity index (χ3v) is 4.17. The molecule has 1 aromatic rings. The molecular formula is C13H9IN4S. The summed E-state index contributed by atoms with van der Waals surface area (Å²) in [5.74, 6) is -0.215. The molecule has 0 unspecified atom stereocenters. The minimum Gasteiger partial charge on any atom is -0.384 e. The molecule has 0 bridgehead atoms. The van der Waals surface area contributed by atoms with Gasteiger partial charge < -0.3 is 11.1 Å². The first-order valence-corrected chi connectivity index (χ1v) is 6.87. The fourth-order valence-corrected chi connectivity index (χ4v) is 2.96. The average molecular weight is 380 g/mol. The Morgan fingerprint density at radius 1 is 1.21 bits per heavy atom. The number of nitriles is 2. The number of nitrogens with zero attached hydrogens (tertiary/aromatic N) is 2. The highest BCUT2D eigenvalue weighted by Gasteiger charge is 2.31. The van der Waals surface area contributed by atoms with Crippen LogP contribution in [-0.2, 0) is 0 Å². The molecule has 6 heteroatoms. The van der Waals surface area contributed by atoms with Gasteiger partial charge >= 0.3 is 0 Å². The summed E-state index contributed by atoms with van der Waals surface area (Å²) in [6.45, 7) is 0.